The Labute approximate surface area is 88.7 Å². The summed E-state index contributed by atoms with van der Waals surface area (Å²) in [6.45, 7) is 2.79. The van der Waals surface area contributed by atoms with Crippen LogP contribution in [0.3, 0.4) is 0 Å². The van der Waals surface area contributed by atoms with E-state index < -0.39 is 0 Å². The van der Waals surface area contributed by atoms with Crippen LogP contribution in [0.4, 0.5) is 0 Å². The summed E-state index contributed by atoms with van der Waals surface area (Å²) in [7, 11) is 0. The Bertz CT molecular complexity index is 333. The van der Waals surface area contributed by atoms with Crippen molar-refractivity contribution in [3.63, 3.8) is 0 Å². The van der Waals surface area contributed by atoms with Crippen LogP contribution in [0.1, 0.15) is 19.4 Å². The zero-order valence-electron chi connectivity index (χ0n) is 8.70. The highest BCUT2D eigenvalue weighted by Crippen LogP contribution is 2.07. The summed E-state index contributed by atoms with van der Waals surface area (Å²) in [6.07, 6.45) is 0.413. The topological polar surface area (TPSA) is 58.2 Å². The molecule has 0 saturated carbocycles. The largest absolute Gasteiger partial charge is 0.326 e. The van der Waals surface area contributed by atoms with Crippen LogP contribution < -0.4 is 10.6 Å². The van der Waals surface area contributed by atoms with Gasteiger partial charge in [-0.3, -0.25) is 9.59 Å². The first kappa shape index (κ1) is 11.2. The fourth-order valence-corrected chi connectivity index (χ4v) is 1.13. The van der Waals surface area contributed by atoms with Crippen molar-refractivity contribution in [3.8, 4) is 0 Å². The molecule has 0 heterocycles. The van der Waals surface area contributed by atoms with Gasteiger partial charge in [-0.2, -0.15) is 0 Å². The third-order valence-corrected chi connectivity index (χ3v) is 1.66. The quantitative estimate of drug-likeness (QED) is 0.766. The molecule has 1 aromatic carbocycles. The van der Waals surface area contributed by atoms with Crippen LogP contribution in [-0.4, -0.2) is 11.8 Å². The third-order valence-electron chi connectivity index (χ3n) is 1.66. The Morgan fingerprint density at radius 2 is 1.40 bits per heavy atom. The predicted molar refractivity (Wildman–Crippen MR) is 56.4 cm³/mol. The molecule has 0 saturated heterocycles. The van der Waals surface area contributed by atoms with Gasteiger partial charge in [0.15, 0.2) is 6.17 Å². The maximum Gasteiger partial charge on any atom is 0.219 e. The van der Waals surface area contributed by atoms with Gasteiger partial charge in [0.1, 0.15) is 0 Å². The molecular weight excluding hydrogens is 192 g/mol. The molecule has 4 heteroatoms. The van der Waals surface area contributed by atoms with E-state index in [1.165, 1.54) is 13.8 Å². The molecule has 1 aromatic rings. The molecule has 1 radical (unpaired) electrons. The van der Waals surface area contributed by atoms with E-state index >= 15 is 0 Å². The lowest BCUT2D eigenvalue weighted by atomic mass is 10.1. The van der Waals surface area contributed by atoms with Gasteiger partial charge in [-0.1, -0.05) is 30.3 Å². The molecule has 2 N–H and O–H groups in total. The molecule has 15 heavy (non-hydrogen) atoms. The molecule has 0 aliphatic heterocycles. The highest BCUT2D eigenvalue weighted by Gasteiger charge is 2.14. The van der Waals surface area contributed by atoms with E-state index in [-0.39, 0.29) is 11.8 Å². The molecule has 4 nitrogen and oxygen atoms in total. The lowest BCUT2D eigenvalue weighted by molar-refractivity contribution is -0.120. The van der Waals surface area contributed by atoms with Crippen molar-refractivity contribution >= 4 is 11.8 Å². The number of benzene rings is 1. The van der Waals surface area contributed by atoms with E-state index in [1.807, 2.05) is 18.2 Å². The Morgan fingerprint density at radius 1 is 0.933 bits per heavy atom. The number of nitrogens with one attached hydrogen (secondary N) is 2. The molecule has 0 unspecified atom stereocenters. The average Bonchev–Trinajstić information content (AvgIpc) is 2.17. The number of carbonyl (C=O) groups excluding carboxylic acids is 2. The SMILES string of the molecule is CC(=O)N[C](NC(C)=O)c1ccccc1. The second kappa shape index (κ2) is 5.14. The van der Waals surface area contributed by atoms with Crippen molar-refractivity contribution in [2.75, 3.05) is 0 Å². The van der Waals surface area contributed by atoms with Crippen molar-refractivity contribution < 1.29 is 9.59 Å². The van der Waals surface area contributed by atoms with E-state index in [4.69, 9.17) is 0 Å². The summed E-state index contributed by atoms with van der Waals surface area (Å²) in [6, 6.07) is 9.14. The summed E-state index contributed by atoms with van der Waals surface area (Å²) in [5.41, 5.74) is 0.767. The summed E-state index contributed by atoms with van der Waals surface area (Å²) < 4.78 is 0. The minimum Gasteiger partial charge on any atom is -0.326 e. The highest BCUT2D eigenvalue weighted by molar-refractivity contribution is 5.79. The fourth-order valence-electron chi connectivity index (χ4n) is 1.13. The van der Waals surface area contributed by atoms with Gasteiger partial charge in [0.25, 0.3) is 0 Å². The van der Waals surface area contributed by atoms with Crippen LogP contribution in [0.2, 0.25) is 0 Å². The van der Waals surface area contributed by atoms with E-state index in [0.717, 1.165) is 5.56 Å². The number of hydrogen-bond acceptors (Lipinski definition) is 2. The maximum absolute atomic E-state index is 10.9. The molecule has 0 spiro atoms. The second-order valence-electron chi connectivity index (χ2n) is 3.10. The van der Waals surface area contributed by atoms with Crippen LogP contribution in [0.5, 0.6) is 0 Å². The van der Waals surface area contributed by atoms with Crippen molar-refractivity contribution in [2.45, 2.75) is 13.8 Å². The molecule has 0 aromatic heterocycles. The molecular formula is C11H13N2O2. The van der Waals surface area contributed by atoms with E-state index in [1.54, 1.807) is 12.1 Å². The van der Waals surface area contributed by atoms with Gasteiger partial charge in [0, 0.05) is 19.4 Å². The monoisotopic (exact) mass is 205 g/mol. The molecule has 0 aliphatic carbocycles. The number of rotatable bonds is 3. The zero-order chi connectivity index (χ0) is 11.3. The smallest absolute Gasteiger partial charge is 0.219 e. The third kappa shape index (κ3) is 3.81. The van der Waals surface area contributed by atoms with Gasteiger partial charge in [-0.25, -0.2) is 0 Å². The van der Waals surface area contributed by atoms with E-state index in [0.29, 0.717) is 6.17 Å². The van der Waals surface area contributed by atoms with E-state index in [2.05, 4.69) is 10.6 Å². The van der Waals surface area contributed by atoms with Crippen LogP contribution in [0, 0.1) is 6.17 Å². The van der Waals surface area contributed by atoms with Crippen LogP contribution in [0.25, 0.3) is 0 Å². The lowest BCUT2D eigenvalue weighted by Crippen LogP contribution is -2.39. The van der Waals surface area contributed by atoms with Crippen molar-refractivity contribution in [2.24, 2.45) is 0 Å². The fraction of sp³-hybridized carbons (Fsp3) is 0.182. The summed E-state index contributed by atoms with van der Waals surface area (Å²) in [5.74, 6) is -0.440. The van der Waals surface area contributed by atoms with Crippen molar-refractivity contribution in [1.82, 2.24) is 10.6 Å². The van der Waals surface area contributed by atoms with Gasteiger partial charge in [-0.15, -0.1) is 0 Å². The summed E-state index contributed by atoms with van der Waals surface area (Å²) in [5, 5.41) is 5.15. The van der Waals surface area contributed by atoms with Crippen LogP contribution in [-0.2, 0) is 9.59 Å². The van der Waals surface area contributed by atoms with Gasteiger partial charge in [0.05, 0.1) is 0 Å². The van der Waals surface area contributed by atoms with Crippen molar-refractivity contribution in [1.29, 1.82) is 0 Å². The Morgan fingerprint density at radius 3 is 1.80 bits per heavy atom. The number of amides is 2. The van der Waals surface area contributed by atoms with Gasteiger partial charge < -0.3 is 10.6 Å². The van der Waals surface area contributed by atoms with Gasteiger partial charge in [0.2, 0.25) is 11.8 Å². The number of hydrogen-bond donors (Lipinski definition) is 2. The first-order chi connectivity index (χ1) is 7.09. The molecule has 0 atom stereocenters. The molecule has 0 aliphatic rings. The Hall–Kier alpha value is -1.84. The average molecular weight is 205 g/mol. The van der Waals surface area contributed by atoms with Gasteiger partial charge in [-0.05, 0) is 0 Å². The molecule has 0 fully saturated rings. The van der Waals surface area contributed by atoms with E-state index in [9.17, 15) is 9.59 Å². The predicted octanol–water partition coefficient (Wildman–Crippen LogP) is 0.796. The molecule has 1 rings (SSSR count). The maximum atomic E-state index is 10.9. The first-order valence-corrected chi connectivity index (χ1v) is 4.57. The lowest BCUT2D eigenvalue weighted by Gasteiger charge is -2.16. The second-order valence-corrected chi connectivity index (χ2v) is 3.10. The highest BCUT2D eigenvalue weighted by atomic mass is 16.2. The minimum atomic E-state index is -0.220. The Kier molecular flexibility index (Phi) is 3.85. The molecule has 2 amide bonds. The van der Waals surface area contributed by atoms with Crippen molar-refractivity contribution in [3.05, 3.63) is 42.1 Å². The summed E-state index contributed by atoms with van der Waals surface area (Å²) in [4.78, 5) is 21.9. The Balaban J connectivity index is 2.81. The van der Waals surface area contributed by atoms with Gasteiger partial charge >= 0.3 is 0 Å². The molecule has 0 bridgehead atoms. The minimum absolute atomic E-state index is 0.220. The standard InChI is InChI=1S/C11H13N2O2/c1-8(14)12-11(13-9(2)15)10-6-4-3-5-7-10/h3-7H,1-2H3,(H,12,14)(H,13,15). The number of carbonyl (C=O) groups is 2. The summed E-state index contributed by atoms with van der Waals surface area (Å²) >= 11 is 0. The zero-order valence-corrected chi connectivity index (χ0v) is 8.70. The van der Waals surface area contributed by atoms with Crippen LogP contribution >= 0.6 is 0 Å². The van der Waals surface area contributed by atoms with Crippen LogP contribution in [0.15, 0.2) is 30.3 Å². The first-order valence-electron chi connectivity index (χ1n) is 4.57. The normalized spacial score (nSPS) is 9.80. The molecule has 79 valence electrons.